The average Bonchev–Trinajstić information content (AvgIpc) is 2.39. The SMILES string of the molecule is COc1ccc(OC2CCCC(OC)C2)cc1N. The van der Waals surface area contributed by atoms with Gasteiger partial charge >= 0.3 is 0 Å². The van der Waals surface area contributed by atoms with Crippen LogP contribution in [0.15, 0.2) is 18.2 Å². The van der Waals surface area contributed by atoms with E-state index in [1.807, 2.05) is 18.2 Å². The Balaban J connectivity index is 1.98. The Kier molecular flexibility index (Phi) is 4.31. The van der Waals surface area contributed by atoms with Crippen LogP contribution < -0.4 is 15.2 Å². The molecule has 0 amide bonds. The van der Waals surface area contributed by atoms with Crippen LogP contribution in [0.5, 0.6) is 11.5 Å². The smallest absolute Gasteiger partial charge is 0.142 e. The van der Waals surface area contributed by atoms with Crippen molar-refractivity contribution < 1.29 is 14.2 Å². The van der Waals surface area contributed by atoms with Gasteiger partial charge in [0, 0.05) is 19.6 Å². The lowest BCUT2D eigenvalue weighted by Crippen LogP contribution is -2.29. The minimum absolute atomic E-state index is 0.219. The van der Waals surface area contributed by atoms with Crippen molar-refractivity contribution in [3.05, 3.63) is 18.2 Å². The molecule has 4 nitrogen and oxygen atoms in total. The molecule has 2 N–H and O–H groups in total. The summed E-state index contributed by atoms with van der Waals surface area (Å²) in [6.07, 6.45) is 4.83. The molecule has 0 aromatic heterocycles. The number of benzene rings is 1. The van der Waals surface area contributed by atoms with Gasteiger partial charge in [-0.15, -0.1) is 0 Å². The monoisotopic (exact) mass is 251 g/mol. The van der Waals surface area contributed by atoms with Gasteiger partial charge in [-0.25, -0.2) is 0 Å². The van der Waals surface area contributed by atoms with Crippen LogP contribution in [0.3, 0.4) is 0 Å². The predicted molar refractivity (Wildman–Crippen MR) is 71.1 cm³/mol. The predicted octanol–water partition coefficient (Wildman–Crippen LogP) is 2.61. The Hall–Kier alpha value is -1.42. The Morgan fingerprint density at radius 2 is 1.94 bits per heavy atom. The molecule has 1 aromatic rings. The Labute approximate surface area is 108 Å². The van der Waals surface area contributed by atoms with Crippen molar-refractivity contribution in [2.24, 2.45) is 0 Å². The molecule has 18 heavy (non-hydrogen) atoms. The number of rotatable bonds is 4. The number of nitrogen functional groups attached to an aromatic ring is 1. The molecule has 1 aliphatic rings. The molecule has 1 aliphatic carbocycles. The quantitative estimate of drug-likeness (QED) is 0.836. The average molecular weight is 251 g/mol. The zero-order valence-corrected chi connectivity index (χ0v) is 11.0. The maximum absolute atomic E-state index is 5.95. The second kappa shape index (κ2) is 5.96. The summed E-state index contributed by atoms with van der Waals surface area (Å²) in [7, 11) is 3.37. The van der Waals surface area contributed by atoms with E-state index in [0.717, 1.165) is 31.4 Å². The fraction of sp³-hybridized carbons (Fsp3) is 0.571. The highest BCUT2D eigenvalue weighted by Crippen LogP contribution is 2.29. The van der Waals surface area contributed by atoms with Crippen LogP contribution in [0.25, 0.3) is 0 Å². The van der Waals surface area contributed by atoms with E-state index < -0.39 is 0 Å². The minimum atomic E-state index is 0.219. The van der Waals surface area contributed by atoms with Gasteiger partial charge in [0.1, 0.15) is 17.6 Å². The summed E-state index contributed by atoms with van der Waals surface area (Å²) in [4.78, 5) is 0. The zero-order valence-electron chi connectivity index (χ0n) is 11.0. The van der Waals surface area contributed by atoms with Crippen LogP contribution in [0, 0.1) is 0 Å². The van der Waals surface area contributed by atoms with E-state index in [-0.39, 0.29) is 6.10 Å². The number of anilines is 1. The second-order valence-corrected chi connectivity index (χ2v) is 4.67. The van der Waals surface area contributed by atoms with Gasteiger partial charge in [0.15, 0.2) is 0 Å². The third kappa shape index (κ3) is 3.07. The van der Waals surface area contributed by atoms with Crippen molar-refractivity contribution in [3.63, 3.8) is 0 Å². The summed E-state index contributed by atoms with van der Waals surface area (Å²) in [5.74, 6) is 1.48. The van der Waals surface area contributed by atoms with E-state index in [1.165, 1.54) is 0 Å². The lowest BCUT2D eigenvalue weighted by atomic mass is 9.95. The number of methoxy groups -OCH3 is 2. The first kappa shape index (κ1) is 13.0. The number of ether oxygens (including phenoxy) is 3. The van der Waals surface area contributed by atoms with Gasteiger partial charge in [-0.3, -0.25) is 0 Å². The van der Waals surface area contributed by atoms with Gasteiger partial charge in [-0.05, 0) is 31.4 Å². The molecule has 0 spiro atoms. The highest BCUT2D eigenvalue weighted by atomic mass is 16.5. The maximum Gasteiger partial charge on any atom is 0.142 e. The topological polar surface area (TPSA) is 53.7 Å². The molecule has 1 fully saturated rings. The summed E-state index contributed by atoms with van der Waals surface area (Å²) >= 11 is 0. The van der Waals surface area contributed by atoms with Crippen LogP contribution in [-0.2, 0) is 4.74 Å². The highest BCUT2D eigenvalue weighted by Gasteiger charge is 2.23. The number of hydrogen-bond donors (Lipinski definition) is 1. The fourth-order valence-corrected chi connectivity index (χ4v) is 2.40. The molecule has 0 bridgehead atoms. The summed E-state index contributed by atoms with van der Waals surface area (Å²) in [5, 5.41) is 0. The van der Waals surface area contributed by atoms with E-state index in [1.54, 1.807) is 14.2 Å². The summed E-state index contributed by atoms with van der Waals surface area (Å²) in [5.41, 5.74) is 6.47. The fourth-order valence-electron chi connectivity index (χ4n) is 2.40. The van der Waals surface area contributed by atoms with Crippen molar-refractivity contribution in [1.82, 2.24) is 0 Å². The molecule has 4 heteroatoms. The van der Waals surface area contributed by atoms with Gasteiger partial charge < -0.3 is 19.9 Å². The normalized spacial score (nSPS) is 23.7. The lowest BCUT2D eigenvalue weighted by Gasteiger charge is -2.28. The van der Waals surface area contributed by atoms with Crippen molar-refractivity contribution in [3.8, 4) is 11.5 Å². The maximum atomic E-state index is 5.95. The van der Waals surface area contributed by atoms with Gasteiger partial charge in [0.2, 0.25) is 0 Å². The molecular weight excluding hydrogens is 230 g/mol. The largest absolute Gasteiger partial charge is 0.495 e. The van der Waals surface area contributed by atoms with Gasteiger partial charge in [0.05, 0.1) is 18.9 Å². The van der Waals surface area contributed by atoms with Crippen LogP contribution in [0.4, 0.5) is 5.69 Å². The molecule has 2 rings (SSSR count). The molecule has 0 saturated heterocycles. The first-order valence-corrected chi connectivity index (χ1v) is 6.36. The molecule has 0 aliphatic heterocycles. The van der Waals surface area contributed by atoms with Crippen LogP contribution in [0.2, 0.25) is 0 Å². The van der Waals surface area contributed by atoms with Crippen molar-refractivity contribution in [1.29, 1.82) is 0 Å². The third-order valence-corrected chi connectivity index (χ3v) is 3.42. The van der Waals surface area contributed by atoms with Crippen molar-refractivity contribution >= 4 is 5.69 Å². The van der Waals surface area contributed by atoms with Crippen LogP contribution in [0.1, 0.15) is 25.7 Å². The summed E-state index contributed by atoms with van der Waals surface area (Å²) in [6.45, 7) is 0. The molecule has 1 saturated carbocycles. The van der Waals surface area contributed by atoms with E-state index >= 15 is 0 Å². The Bertz CT molecular complexity index is 395. The van der Waals surface area contributed by atoms with Crippen LogP contribution >= 0.6 is 0 Å². The van der Waals surface area contributed by atoms with Gasteiger partial charge in [-0.1, -0.05) is 0 Å². The number of nitrogens with two attached hydrogens (primary N) is 1. The first-order chi connectivity index (χ1) is 8.72. The molecule has 0 heterocycles. The molecule has 100 valence electrons. The van der Waals surface area contributed by atoms with Crippen molar-refractivity contribution in [2.45, 2.75) is 37.9 Å². The summed E-state index contributed by atoms with van der Waals surface area (Å²) < 4.78 is 16.5. The molecule has 0 radical (unpaired) electrons. The lowest BCUT2D eigenvalue weighted by molar-refractivity contribution is 0.0210. The van der Waals surface area contributed by atoms with E-state index in [0.29, 0.717) is 17.5 Å². The van der Waals surface area contributed by atoms with Crippen LogP contribution in [-0.4, -0.2) is 26.4 Å². The summed E-state index contributed by atoms with van der Waals surface area (Å²) in [6, 6.07) is 5.54. The van der Waals surface area contributed by atoms with E-state index in [4.69, 9.17) is 19.9 Å². The third-order valence-electron chi connectivity index (χ3n) is 3.42. The van der Waals surface area contributed by atoms with Gasteiger partial charge in [-0.2, -0.15) is 0 Å². The standard InChI is InChI=1S/C14H21NO3/c1-16-10-4-3-5-11(8-10)18-12-6-7-14(17-2)13(15)9-12/h6-7,9-11H,3-5,8,15H2,1-2H3. The Morgan fingerprint density at radius 3 is 2.61 bits per heavy atom. The molecular formula is C14H21NO3. The highest BCUT2D eigenvalue weighted by molar-refractivity contribution is 5.56. The first-order valence-electron chi connectivity index (χ1n) is 6.36. The van der Waals surface area contributed by atoms with Crippen molar-refractivity contribution in [2.75, 3.05) is 20.0 Å². The number of hydrogen-bond acceptors (Lipinski definition) is 4. The molecule has 2 unspecified atom stereocenters. The molecule has 1 aromatic carbocycles. The zero-order chi connectivity index (χ0) is 13.0. The minimum Gasteiger partial charge on any atom is -0.495 e. The van der Waals surface area contributed by atoms with E-state index in [2.05, 4.69) is 0 Å². The Morgan fingerprint density at radius 1 is 1.17 bits per heavy atom. The van der Waals surface area contributed by atoms with E-state index in [9.17, 15) is 0 Å². The second-order valence-electron chi connectivity index (χ2n) is 4.67. The van der Waals surface area contributed by atoms with Gasteiger partial charge in [0.25, 0.3) is 0 Å². The molecule has 2 atom stereocenters.